The smallest absolute Gasteiger partial charge is 0.241 e. The highest BCUT2D eigenvalue weighted by atomic mass is 16.5. The lowest BCUT2D eigenvalue weighted by molar-refractivity contribution is -0.129. The molecule has 9 nitrogen and oxygen atoms in total. The number of hydrogen-bond donors (Lipinski definition) is 0. The molecule has 4 rings (SSSR count). The van der Waals surface area contributed by atoms with Gasteiger partial charge < -0.3 is 19.2 Å². The highest BCUT2D eigenvalue weighted by molar-refractivity contribution is 5.82. The van der Waals surface area contributed by atoms with Crippen molar-refractivity contribution in [2.24, 2.45) is 0 Å². The minimum atomic E-state index is 0.123. The van der Waals surface area contributed by atoms with Crippen LogP contribution < -0.4 is 9.80 Å². The number of anilines is 2. The maximum absolute atomic E-state index is 11.9. The van der Waals surface area contributed by atoms with Crippen LogP contribution in [0.4, 0.5) is 11.6 Å². The molecule has 2 aromatic heterocycles. The molecule has 2 aliphatic heterocycles. The van der Waals surface area contributed by atoms with Crippen LogP contribution in [0.3, 0.4) is 0 Å². The van der Waals surface area contributed by atoms with E-state index in [1.54, 1.807) is 17.5 Å². The van der Waals surface area contributed by atoms with E-state index in [2.05, 4.69) is 24.9 Å². The molecule has 1 amide bonds. The lowest BCUT2D eigenvalue weighted by atomic mass is 10.2. The van der Waals surface area contributed by atoms with Gasteiger partial charge in [-0.25, -0.2) is 9.97 Å². The summed E-state index contributed by atoms with van der Waals surface area (Å²) in [7, 11) is 1.84. The van der Waals surface area contributed by atoms with E-state index in [0.717, 1.165) is 63.1 Å². The van der Waals surface area contributed by atoms with Crippen LogP contribution in [-0.2, 0) is 11.3 Å². The van der Waals surface area contributed by atoms with Crippen LogP contribution in [0.2, 0.25) is 0 Å². The number of carbonyl (C=O) groups excluding carboxylic acids is 1. The van der Waals surface area contributed by atoms with Gasteiger partial charge in [0.1, 0.15) is 24.2 Å². The first-order chi connectivity index (χ1) is 12.7. The Morgan fingerprint density at radius 1 is 1.04 bits per heavy atom. The van der Waals surface area contributed by atoms with Crippen molar-refractivity contribution in [3.05, 3.63) is 30.4 Å². The number of likely N-dealkylation sites (N-methyl/N-ethyl adjacent to an activating group) is 1. The largest absolute Gasteiger partial charge is 0.364 e. The van der Waals surface area contributed by atoms with Gasteiger partial charge in [0.15, 0.2) is 0 Å². The lowest BCUT2D eigenvalue weighted by Crippen LogP contribution is -2.49. The summed E-state index contributed by atoms with van der Waals surface area (Å²) in [5.74, 6) is 1.86. The fourth-order valence-corrected chi connectivity index (χ4v) is 3.32. The molecule has 2 aromatic rings. The van der Waals surface area contributed by atoms with Gasteiger partial charge in [-0.3, -0.25) is 9.69 Å². The maximum atomic E-state index is 11.9. The zero-order chi connectivity index (χ0) is 17.9. The van der Waals surface area contributed by atoms with Gasteiger partial charge in [-0.05, 0) is 0 Å². The molecule has 0 bridgehead atoms. The van der Waals surface area contributed by atoms with Crippen molar-refractivity contribution in [3.63, 3.8) is 0 Å². The van der Waals surface area contributed by atoms with Crippen molar-refractivity contribution in [2.75, 3.05) is 62.7 Å². The molecule has 0 aromatic carbocycles. The number of hydrogen-bond acceptors (Lipinski definition) is 8. The van der Waals surface area contributed by atoms with Crippen molar-refractivity contribution in [3.8, 4) is 0 Å². The first-order valence-electron chi connectivity index (χ1n) is 8.86. The van der Waals surface area contributed by atoms with Gasteiger partial charge in [-0.1, -0.05) is 5.16 Å². The van der Waals surface area contributed by atoms with E-state index in [0.29, 0.717) is 6.54 Å². The third kappa shape index (κ3) is 3.62. The molecule has 0 atom stereocenters. The average Bonchev–Trinajstić information content (AvgIpc) is 3.18. The second kappa shape index (κ2) is 7.28. The summed E-state index contributed by atoms with van der Waals surface area (Å²) in [6.45, 7) is 6.38. The summed E-state index contributed by atoms with van der Waals surface area (Å²) < 4.78 is 4.90. The quantitative estimate of drug-likeness (QED) is 0.760. The zero-order valence-corrected chi connectivity index (χ0v) is 14.9. The molecule has 2 fully saturated rings. The van der Waals surface area contributed by atoms with Gasteiger partial charge >= 0.3 is 0 Å². The Bertz CT molecular complexity index is 743. The van der Waals surface area contributed by atoms with E-state index in [1.807, 2.05) is 24.1 Å². The first-order valence-corrected chi connectivity index (χ1v) is 8.86. The third-order valence-corrected chi connectivity index (χ3v) is 4.99. The van der Waals surface area contributed by atoms with E-state index < -0.39 is 0 Å². The average molecular weight is 357 g/mol. The normalized spacial score (nSPS) is 19.3. The molecule has 0 spiro atoms. The first kappa shape index (κ1) is 16.8. The topological polar surface area (TPSA) is 81.8 Å². The predicted octanol–water partition coefficient (Wildman–Crippen LogP) is 0.0652. The molecule has 26 heavy (non-hydrogen) atoms. The Morgan fingerprint density at radius 2 is 1.77 bits per heavy atom. The molecule has 0 N–H and O–H groups in total. The fourth-order valence-electron chi connectivity index (χ4n) is 3.32. The van der Waals surface area contributed by atoms with Gasteiger partial charge in [-0.2, -0.15) is 0 Å². The predicted molar refractivity (Wildman–Crippen MR) is 95.9 cm³/mol. The minimum Gasteiger partial charge on any atom is -0.364 e. The number of rotatable bonds is 4. The number of aromatic nitrogens is 3. The van der Waals surface area contributed by atoms with Crippen molar-refractivity contribution < 1.29 is 9.32 Å². The number of piperazine rings is 2. The fraction of sp³-hybridized carbons (Fsp3) is 0.529. The van der Waals surface area contributed by atoms with E-state index in [-0.39, 0.29) is 5.91 Å². The van der Waals surface area contributed by atoms with E-state index in [9.17, 15) is 4.79 Å². The summed E-state index contributed by atoms with van der Waals surface area (Å²) in [6.07, 6.45) is 3.20. The van der Waals surface area contributed by atoms with Crippen molar-refractivity contribution in [1.82, 2.24) is 24.9 Å². The summed E-state index contributed by atoms with van der Waals surface area (Å²) in [5, 5.41) is 3.97. The van der Waals surface area contributed by atoms with Crippen LogP contribution in [-0.4, -0.2) is 83.7 Å². The highest BCUT2D eigenvalue weighted by Crippen LogP contribution is 2.20. The molecule has 0 radical (unpaired) electrons. The van der Waals surface area contributed by atoms with Crippen LogP contribution in [0.5, 0.6) is 0 Å². The Balaban J connectivity index is 1.37. The Kier molecular flexibility index (Phi) is 4.70. The molecular weight excluding hydrogens is 334 g/mol. The minimum absolute atomic E-state index is 0.123. The second-order valence-electron chi connectivity index (χ2n) is 6.73. The zero-order valence-electron chi connectivity index (χ0n) is 14.9. The number of amides is 1. The second-order valence-corrected chi connectivity index (χ2v) is 6.73. The number of nitrogens with zero attached hydrogens (tertiary/aromatic N) is 7. The van der Waals surface area contributed by atoms with Gasteiger partial charge in [0.25, 0.3) is 0 Å². The molecule has 9 heteroatoms. The Morgan fingerprint density at radius 3 is 2.46 bits per heavy atom. The summed E-state index contributed by atoms with van der Waals surface area (Å²) in [5.41, 5.74) is 0.961. The molecule has 4 heterocycles. The molecule has 138 valence electrons. The molecule has 0 saturated carbocycles. The molecular formula is C17H23N7O2. The van der Waals surface area contributed by atoms with Gasteiger partial charge in [0.2, 0.25) is 5.91 Å². The summed E-state index contributed by atoms with van der Waals surface area (Å²) in [4.78, 5) is 29.2. The number of carbonyl (C=O) groups is 1. The van der Waals surface area contributed by atoms with E-state index >= 15 is 0 Å². The van der Waals surface area contributed by atoms with Crippen LogP contribution in [0.1, 0.15) is 5.69 Å². The summed E-state index contributed by atoms with van der Waals surface area (Å²) in [6, 6.07) is 3.90. The van der Waals surface area contributed by atoms with Crippen LogP contribution in [0.25, 0.3) is 0 Å². The van der Waals surface area contributed by atoms with Crippen molar-refractivity contribution in [1.29, 1.82) is 0 Å². The third-order valence-electron chi connectivity index (χ3n) is 4.99. The van der Waals surface area contributed by atoms with Gasteiger partial charge in [0.05, 0.1) is 12.2 Å². The lowest BCUT2D eigenvalue weighted by Gasteiger charge is -2.36. The van der Waals surface area contributed by atoms with Crippen LogP contribution in [0.15, 0.2) is 29.2 Å². The molecule has 0 aliphatic carbocycles. The van der Waals surface area contributed by atoms with Crippen molar-refractivity contribution in [2.45, 2.75) is 6.54 Å². The van der Waals surface area contributed by atoms with E-state index in [4.69, 9.17) is 4.52 Å². The standard InChI is InChI=1S/C17H23N7O2/c1-21-3-6-24(12-17(21)25)16-10-15(18-13-19-16)23-7-4-22(5-8-23)11-14-2-9-26-20-14/h2,9-10,13H,3-8,11-12H2,1H3. The molecule has 0 unspecified atom stereocenters. The van der Waals surface area contributed by atoms with Crippen LogP contribution in [0, 0.1) is 0 Å². The Labute approximate surface area is 152 Å². The summed E-state index contributed by atoms with van der Waals surface area (Å²) >= 11 is 0. The monoisotopic (exact) mass is 357 g/mol. The Hall–Kier alpha value is -2.68. The van der Waals surface area contributed by atoms with E-state index in [1.165, 1.54) is 0 Å². The highest BCUT2D eigenvalue weighted by Gasteiger charge is 2.24. The van der Waals surface area contributed by atoms with Gasteiger partial charge in [-0.15, -0.1) is 0 Å². The van der Waals surface area contributed by atoms with Crippen molar-refractivity contribution >= 4 is 17.5 Å². The molecule has 2 saturated heterocycles. The van der Waals surface area contributed by atoms with Gasteiger partial charge in [0, 0.05) is 65.0 Å². The van der Waals surface area contributed by atoms with Crippen LogP contribution >= 0.6 is 0 Å². The SMILES string of the molecule is CN1CCN(c2cc(N3CCN(Cc4ccon4)CC3)ncn2)CC1=O. The maximum Gasteiger partial charge on any atom is 0.241 e. The molecule has 2 aliphatic rings.